The molecule has 112 valence electrons. The zero-order valence-corrected chi connectivity index (χ0v) is 11.0. The first-order valence-electron chi connectivity index (χ1n) is 5.99. The van der Waals surface area contributed by atoms with Gasteiger partial charge in [-0.3, -0.25) is 4.79 Å². The van der Waals surface area contributed by atoms with Gasteiger partial charge in [-0.25, -0.2) is 0 Å². The van der Waals surface area contributed by atoms with Gasteiger partial charge in [0.1, 0.15) is 5.76 Å². The van der Waals surface area contributed by atoms with Crippen molar-refractivity contribution in [1.29, 1.82) is 0 Å². The molecule has 8 heteroatoms. The second-order valence-electron chi connectivity index (χ2n) is 4.30. The Kier molecular flexibility index (Phi) is 4.15. The van der Waals surface area contributed by atoms with Gasteiger partial charge in [0.2, 0.25) is 5.91 Å². The maximum absolute atomic E-state index is 12.4. The molecule has 0 spiro atoms. The largest absolute Gasteiger partial charge is 0.416 e. The van der Waals surface area contributed by atoms with Crippen molar-refractivity contribution in [2.75, 3.05) is 17.2 Å². The quantitative estimate of drug-likeness (QED) is 0.910. The van der Waals surface area contributed by atoms with Crippen LogP contribution in [0.4, 0.5) is 24.7 Å². The molecule has 2 aromatic rings. The minimum atomic E-state index is -4.39. The number of hydrogen-bond acceptors (Lipinski definition) is 4. The number of aromatic nitrogens is 1. The summed E-state index contributed by atoms with van der Waals surface area (Å²) in [6, 6.07) is 5.82. The van der Waals surface area contributed by atoms with Gasteiger partial charge in [0, 0.05) is 11.8 Å². The topological polar surface area (TPSA) is 67.2 Å². The summed E-state index contributed by atoms with van der Waals surface area (Å²) in [5, 5.41) is 8.84. The zero-order chi connectivity index (χ0) is 15.5. The van der Waals surface area contributed by atoms with Crippen LogP contribution in [0.15, 0.2) is 34.9 Å². The van der Waals surface area contributed by atoms with Crippen molar-refractivity contribution in [1.82, 2.24) is 5.16 Å². The Bertz CT molecular complexity index is 620. The Morgan fingerprint density at radius 1 is 1.29 bits per heavy atom. The summed E-state index contributed by atoms with van der Waals surface area (Å²) in [6.45, 7) is 1.63. The van der Waals surface area contributed by atoms with Crippen LogP contribution in [-0.4, -0.2) is 17.6 Å². The zero-order valence-electron chi connectivity index (χ0n) is 11.0. The molecule has 0 unspecified atom stereocenters. The molecule has 1 amide bonds. The Balaban J connectivity index is 1.88. The summed E-state index contributed by atoms with van der Waals surface area (Å²) in [5.41, 5.74) is -0.483. The highest BCUT2D eigenvalue weighted by Crippen LogP contribution is 2.29. The van der Waals surface area contributed by atoms with Gasteiger partial charge in [-0.05, 0) is 31.2 Å². The van der Waals surface area contributed by atoms with Gasteiger partial charge in [0.05, 0.1) is 12.1 Å². The smallest absolute Gasteiger partial charge is 0.360 e. The highest BCUT2D eigenvalue weighted by Gasteiger charge is 2.29. The lowest BCUT2D eigenvalue weighted by molar-refractivity contribution is -0.137. The molecule has 0 fully saturated rings. The van der Waals surface area contributed by atoms with Crippen molar-refractivity contribution in [3.05, 3.63) is 41.7 Å². The molecular weight excluding hydrogens is 287 g/mol. The number of rotatable bonds is 4. The number of benzene rings is 1. The minimum Gasteiger partial charge on any atom is -0.360 e. The first-order chi connectivity index (χ1) is 9.84. The molecule has 2 N–H and O–H groups in total. The van der Waals surface area contributed by atoms with E-state index >= 15 is 0 Å². The van der Waals surface area contributed by atoms with E-state index in [2.05, 4.69) is 15.8 Å². The first kappa shape index (κ1) is 14.9. The summed E-state index contributed by atoms with van der Waals surface area (Å²) in [4.78, 5) is 11.6. The third kappa shape index (κ3) is 4.23. The van der Waals surface area contributed by atoms with Gasteiger partial charge in [-0.15, -0.1) is 0 Å². The molecule has 0 atom stereocenters. The molecule has 1 aromatic heterocycles. The van der Waals surface area contributed by atoms with Crippen LogP contribution in [-0.2, 0) is 11.0 Å². The van der Waals surface area contributed by atoms with Gasteiger partial charge >= 0.3 is 6.18 Å². The van der Waals surface area contributed by atoms with E-state index in [4.69, 9.17) is 4.52 Å². The summed E-state index contributed by atoms with van der Waals surface area (Å²) >= 11 is 0. The summed E-state index contributed by atoms with van der Waals surface area (Å²) in [5.74, 6) is 0.603. The maximum atomic E-state index is 12.4. The molecule has 21 heavy (non-hydrogen) atoms. The molecule has 1 aromatic carbocycles. The molecule has 1 heterocycles. The van der Waals surface area contributed by atoms with Crippen LogP contribution in [0.2, 0.25) is 0 Å². The number of nitrogens with zero attached hydrogens (tertiary/aromatic N) is 1. The lowest BCUT2D eigenvalue weighted by Crippen LogP contribution is -2.21. The van der Waals surface area contributed by atoms with Crippen molar-refractivity contribution in [3.8, 4) is 0 Å². The number of carbonyl (C=O) groups is 1. The molecule has 2 rings (SSSR count). The summed E-state index contributed by atoms with van der Waals surface area (Å²) in [6.07, 6.45) is -4.39. The van der Waals surface area contributed by atoms with Crippen molar-refractivity contribution in [2.24, 2.45) is 0 Å². The first-order valence-corrected chi connectivity index (χ1v) is 5.99. The van der Waals surface area contributed by atoms with E-state index in [0.717, 1.165) is 12.1 Å². The summed E-state index contributed by atoms with van der Waals surface area (Å²) in [7, 11) is 0. The van der Waals surface area contributed by atoms with Crippen LogP contribution in [0.25, 0.3) is 0 Å². The van der Waals surface area contributed by atoms with E-state index in [1.165, 1.54) is 12.1 Å². The van der Waals surface area contributed by atoms with Gasteiger partial charge in [-0.1, -0.05) is 5.16 Å². The Labute approximate surface area is 118 Å². The van der Waals surface area contributed by atoms with Crippen molar-refractivity contribution >= 4 is 17.4 Å². The number of amides is 1. The predicted octanol–water partition coefficient (Wildman–Crippen LogP) is 3.05. The molecule has 0 aliphatic heterocycles. The fourth-order valence-electron chi connectivity index (χ4n) is 1.57. The van der Waals surface area contributed by atoms with Crippen LogP contribution in [0, 0.1) is 6.92 Å². The third-order valence-electron chi connectivity index (χ3n) is 2.55. The Hall–Kier alpha value is -2.51. The molecular formula is C13H12F3N3O2. The van der Waals surface area contributed by atoms with Crippen molar-refractivity contribution in [3.63, 3.8) is 0 Å². The number of carbonyl (C=O) groups excluding carboxylic acids is 1. The average molecular weight is 299 g/mol. The molecule has 0 aliphatic carbocycles. The number of alkyl halides is 3. The van der Waals surface area contributed by atoms with E-state index in [-0.39, 0.29) is 12.2 Å². The number of halogens is 3. The highest BCUT2D eigenvalue weighted by molar-refractivity contribution is 5.93. The molecule has 0 aliphatic rings. The Morgan fingerprint density at radius 3 is 2.48 bits per heavy atom. The monoisotopic (exact) mass is 299 g/mol. The van der Waals surface area contributed by atoms with Crippen LogP contribution in [0.1, 0.15) is 11.3 Å². The average Bonchev–Trinajstić information content (AvgIpc) is 2.82. The van der Waals surface area contributed by atoms with E-state index in [1.54, 1.807) is 13.0 Å². The van der Waals surface area contributed by atoms with E-state index in [9.17, 15) is 18.0 Å². The van der Waals surface area contributed by atoms with E-state index in [0.29, 0.717) is 11.6 Å². The van der Waals surface area contributed by atoms with Crippen LogP contribution >= 0.6 is 0 Å². The normalized spacial score (nSPS) is 11.2. The van der Waals surface area contributed by atoms with Gasteiger partial charge < -0.3 is 15.2 Å². The maximum Gasteiger partial charge on any atom is 0.416 e. The fraction of sp³-hybridized carbons (Fsp3) is 0.231. The molecule has 0 saturated carbocycles. The number of hydrogen-bond donors (Lipinski definition) is 2. The van der Waals surface area contributed by atoms with E-state index < -0.39 is 17.6 Å². The molecule has 5 nitrogen and oxygen atoms in total. The van der Waals surface area contributed by atoms with Crippen LogP contribution in [0.3, 0.4) is 0 Å². The highest BCUT2D eigenvalue weighted by atomic mass is 19.4. The lowest BCUT2D eigenvalue weighted by atomic mass is 10.2. The van der Waals surface area contributed by atoms with Crippen LogP contribution in [0.5, 0.6) is 0 Å². The van der Waals surface area contributed by atoms with E-state index in [1.807, 2.05) is 0 Å². The predicted molar refractivity (Wildman–Crippen MR) is 69.8 cm³/mol. The third-order valence-corrected chi connectivity index (χ3v) is 2.55. The summed E-state index contributed by atoms with van der Waals surface area (Å²) < 4.78 is 41.9. The Morgan fingerprint density at radius 2 is 1.95 bits per heavy atom. The van der Waals surface area contributed by atoms with Gasteiger partial charge in [-0.2, -0.15) is 13.2 Å². The number of nitrogens with one attached hydrogen (secondary N) is 2. The van der Waals surface area contributed by atoms with Crippen LogP contribution < -0.4 is 10.6 Å². The second kappa shape index (κ2) is 5.86. The molecule has 0 saturated heterocycles. The lowest BCUT2D eigenvalue weighted by Gasteiger charge is -2.09. The second-order valence-corrected chi connectivity index (χ2v) is 4.30. The number of anilines is 2. The molecule has 0 radical (unpaired) electrons. The SMILES string of the molecule is Cc1cc(NCC(=O)Nc2ccc(C(F)(F)F)cc2)no1. The van der Waals surface area contributed by atoms with Gasteiger partial charge in [0.25, 0.3) is 0 Å². The van der Waals surface area contributed by atoms with Gasteiger partial charge in [0.15, 0.2) is 5.82 Å². The van der Waals surface area contributed by atoms with Crippen molar-refractivity contribution in [2.45, 2.75) is 13.1 Å². The fourth-order valence-corrected chi connectivity index (χ4v) is 1.57. The minimum absolute atomic E-state index is 0.0764. The standard InChI is InChI=1S/C13H12F3N3O2/c1-8-6-11(19-21-8)17-7-12(20)18-10-4-2-9(3-5-10)13(14,15)16/h2-6H,7H2,1H3,(H,17,19)(H,18,20). The molecule has 0 bridgehead atoms. The van der Waals surface area contributed by atoms with Crippen molar-refractivity contribution < 1.29 is 22.5 Å². The number of aryl methyl sites for hydroxylation is 1.